The number of hydrogen-bond acceptors (Lipinski definition) is 2. The third kappa shape index (κ3) is 4.58. The molecule has 8 aliphatic carbocycles. The topological polar surface area (TPSA) is 58.2 Å². The molecule has 0 aromatic heterocycles. The lowest BCUT2D eigenvalue weighted by Gasteiger charge is -2.81. The smallest absolute Gasteiger partial charge is 0.221 e. The first-order valence-corrected chi connectivity index (χ1v) is 19.5. The summed E-state index contributed by atoms with van der Waals surface area (Å²) in [6.07, 6.45) is 21.8. The number of carbonyl (C=O) groups excluding carboxylic acids is 2. The van der Waals surface area contributed by atoms with Crippen molar-refractivity contribution in [3.63, 3.8) is 0 Å². The summed E-state index contributed by atoms with van der Waals surface area (Å²) in [5.74, 6) is 0.00294. The van der Waals surface area contributed by atoms with Gasteiger partial charge in [-0.05, 0) is 156 Å². The van der Waals surface area contributed by atoms with Crippen molar-refractivity contribution in [3.05, 3.63) is 59.7 Å². The van der Waals surface area contributed by atoms with Crippen LogP contribution in [0.3, 0.4) is 0 Å². The summed E-state index contributed by atoms with van der Waals surface area (Å²) in [5, 5.41) is 6.07. The first-order valence-electron chi connectivity index (χ1n) is 19.5. The van der Waals surface area contributed by atoms with E-state index >= 15 is 0 Å². The van der Waals surface area contributed by atoms with Crippen molar-refractivity contribution in [2.24, 2.45) is 32.5 Å². The second-order valence-electron chi connectivity index (χ2n) is 19.2. The van der Waals surface area contributed by atoms with E-state index in [2.05, 4.69) is 86.9 Å². The van der Waals surface area contributed by atoms with Crippen LogP contribution in [0.4, 0.5) is 11.4 Å². The molecule has 0 heterocycles. The molecule has 0 aliphatic heterocycles. The molecule has 0 spiro atoms. The molecule has 8 aliphatic rings. The summed E-state index contributed by atoms with van der Waals surface area (Å²) in [7, 11) is 0. The van der Waals surface area contributed by atoms with Gasteiger partial charge in [0.2, 0.25) is 11.8 Å². The fraction of sp³-hybridized carbons (Fsp3) is 0.682. The van der Waals surface area contributed by atoms with E-state index in [1.54, 1.807) is 25.0 Å². The van der Waals surface area contributed by atoms with Gasteiger partial charge in [-0.15, -0.1) is 0 Å². The van der Waals surface area contributed by atoms with Crippen LogP contribution in [0.5, 0.6) is 0 Å². The average molecular weight is 649 g/mol. The van der Waals surface area contributed by atoms with Crippen LogP contribution < -0.4 is 10.6 Å². The maximum Gasteiger partial charge on any atom is 0.221 e. The van der Waals surface area contributed by atoms with Crippen LogP contribution in [0.25, 0.3) is 0 Å². The Morgan fingerprint density at radius 2 is 0.750 bits per heavy atom. The summed E-state index contributed by atoms with van der Waals surface area (Å²) in [6, 6.07) is 18.3. The van der Waals surface area contributed by atoms with E-state index in [9.17, 15) is 9.59 Å². The third-order valence-electron chi connectivity index (χ3n) is 16.3. The Balaban J connectivity index is 1.28. The molecular formula is C44H60N2O2. The quantitative estimate of drug-likeness (QED) is 0.284. The van der Waals surface area contributed by atoms with Gasteiger partial charge in [0.05, 0.1) is 0 Å². The minimum absolute atomic E-state index is 0.00147. The van der Waals surface area contributed by atoms with E-state index in [1.807, 2.05) is 0 Å². The summed E-state index contributed by atoms with van der Waals surface area (Å²) < 4.78 is 0. The van der Waals surface area contributed by atoms with Crippen LogP contribution in [0.15, 0.2) is 48.5 Å². The second-order valence-corrected chi connectivity index (χ2v) is 19.2. The van der Waals surface area contributed by atoms with E-state index in [4.69, 9.17) is 0 Å². The molecule has 4 heteroatoms. The minimum atomic E-state index is 0.00147. The molecule has 0 saturated heterocycles. The summed E-state index contributed by atoms with van der Waals surface area (Å²) in [4.78, 5) is 23.8. The van der Waals surface area contributed by atoms with Gasteiger partial charge in [0, 0.05) is 25.2 Å². The highest BCUT2D eigenvalue weighted by Crippen LogP contribution is 2.86. The van der Waals surface area contributed by atoms with Crippen LogP contribution >= 0.6 is 0 Å². The van der Waals surface area contributed by atoms with E-state index in [-0.39, 0.29) is 22.6 Å². The lowest BCUT2D eigenvalue weighted by atomic mass is 9.23. The summed E-state index contributed by atoms with van der Waals surface area (Å²) in [6.45, 7) is 13.3. The number of carbonyl (C=O) groups is 2. The van der Waals surface area contributed by atoms with Crippen molar-refractivity contribution in [2.45, 2.75) is 155 Å². The van der Waals surface area contributed by atoms with Gasteiger partial charge in [-0.25, -0.2) is 0 Å². The molecule has 258 valence electrons. The molecule has 48 heavy (non-hydrogen) atoms. The predicted molar refractivity (Wildman–Crippen MR) is 196 cm³/mol. The zero-order valence-electron chi connectivity index (χ0n) is 30.7. The highest BCUT2D eigenvalue weighted by Gasteiger charge is 2.77. The number of hydrogen-bond donors (Lipinski definition) is 2. The number of nitrogens with one attached hydrogen (secondary N) is 2. The molecule has 8 fully saturated rings. The summed E-state index contributed by atoms with van der Waals surface area (Å²) in [5.41, 5.74) is 7.71. The van der Waals surface area contributed by atoms with Gasteiger partial charge < -0.3 is 10.6 Å². The fourth-order valence-electron chi connectivity index (χ4n) is 15.6. The Kier molecular flexibility index (Phi) is 7.10. The molecule has 4 atom stereocenters. The van der Waals surface area contributed by atoms with E-state index in [0.29, 0.717) is 32.5 Å². The maximum absolute atomic E-state index is 11.9. The van der Waals surface area contributed by atoms with Gasteiger partial charge in [-0.1, -0.05) is 77.6 Å². The fourth-order valence-corrected chi connectivity index (χ4v) is 15.6. The number of benzene rings is 2. The monoisotopic (exact) mass is 648 g/mol. The molecule has 2 amide bonds. The van der Waals surface area contributed by atoms with E-state index in [0.717, 1.165) is 11.4 Å². The van der Waals surface area contributed by atoms with Gasteiger partial charge in [-0.2, -0.15) is 0 Å². The zero-order valence-corrected chi connectivity index (χ0v) is 30.7. The molecule has 2 aromatic carbocycles. The van der Waals surface area contributed by atoms with Gasteiger partial charge in [0.25, 0.3) is 0 Å². The molecule has 8 saturated carbocycles. The lowest BCUT2D eigenvalue weighted by Crippen LogP contribution is -2.72. The number of amides is 2. The maximum atomic E-state index is 11.9. The second kappa shape index (κ2) is 10.5. The van der Waals surface area contributed by atoms with Gasteiger partial charge in [0.1, 0.15) is 0 Å². The first-order chi connectivity index (χ1) is 22.8. The normalized spacial score (nSPS) is 43.4. The van der Waals surface area contributed by atoms with Crippen LogP contribution in [-0.2, 0) is 20.4 Å². The van der Waals surface area contributed by atoms with Crippen molar-refractivity contribution in [2.75, 3.05) is 10.6 Å². The SMILES string of the molecule is CCC12CC3(CC)CC(c4ccc(NC(C)=O)cc4)(C1)CC(C14CC5(CC)CC(CC)(CC(c6ccc(NC(C)=O)cc6)(C5)C1)C4)(C2)C3. The number of anilines is 2. The van der Waals surface area contributed by atoms with E-state index in [1.165, 1.54) is 103 Å². The lowest BCUT2D eigenvalue weighted by molar-refractivity contribution is -0.286. The average Bonchev–Trinajstić information content (AvgIpc) is 3.04. The summed E-state index contributed by atoms with van der Waals surface area (Å²) >= 11 is 0. The Bertz CT molecular complexity index is 1460. The number of rotatable bonds is 9. The molecule has 4 unspecified atom stereocenters. The van der Waals surface area contributed by atoms with Crippen molar-refractivity contribution in [1.29, 1.82) is 0 Å². The van der Waals surface area contributed by atoms with Crippen LogP contribution in [0.2, 0.25) is 0 Å². The first kappa shape index (κ1) is 32.6. The van der Waals surface area contributed by atoms with Crippen molar-refractivity contribution in [3.8, 4) is 0 Å². The van der Waals surface area contributed by atoms with Crippen LogP contribution in [0.1, 0.15) is 155 Å². The van der Waals surface area contributed by atoms with Crippen LogP contribution in [0, 0.1) is 32.5 Å². The standard InChI is InChI=1S/C44H60N2O2/c1-7-37-19-38(8-2)22-41(21-37,33-11-15-35(16-12-33)45-31(5)47)29-43(25-37,26-38)44-27-39(9-3)20-40(10-4,28-44)24-42(23-39,30-44)34-13-17-36(18-14-34)46-32(6)48/h11-18H,7-10,19-30H2,1-6H3,(H,45,47)(H,46,48). The molecular weight excluding hydrogens is 588 g/mol. The van der Waals surface area contributed by atoms with Crippen molar-refractivity contribution < 1.29 is 9.59 Å². The zero-order chi connectivity index (χ0) is 33.8. The molecule has 10 rings (SSSR count). The highest BCUT2D eigenvalue weighted by atomic mass is 16.2. The predicted octanol–water partition coefficient (Wildman–Crippen LogP) is 11.1. The molecule has 2 aromatic rings. The Morgan fingerprint density at radius 1 is 0.458 bits per heavy atom. The molecule has 0 radical (unpaired) electrons. The van der Waals surface area contributed by atoms with Crippen LogP contribution in [-0.4, -0.2) is 11.8 Å². The van der Waals surface area contributed by atoms with E-state index < -0.39 is 0 Å². The van der Waals surface area contributed by atoms with Crippen molar-refractivity contribution in [1.82, 2.24) is 0 Å². The third-order valence-corrected chi connectivity index (χ3v) is 16.3. The molecule has 2 N–H and O–H groups in total. The van der Waals surface area contributed by atoms with Gasteiger partial charge in [0.15, 0.2) is 0 Å². The largest absolute Gasteiger partial charge is 0.326 e. The molecule has 4 nitrogen and oxygen atoms in total. The Morgan fingerprint density at radius 3 is 1.00 bits per heavy atom. The van der Waals surface area contributed by atoms with Gasteiger partial charge >= 0.3 is 0 Å². The Hall–Kier alpha value is -2.62. The van der Waals surface area contributed by atoms with Gasteiger partial charge in [-0.3, -0.25) is 9.59 Å². The molecule has 8 bridgehead atoms. The van der Waals surface area contributed by atoms with Crippen molar-refractivity contribution >= 4 is 23.2 Å². The highest BCUT2D eigenvalue weighted by molar-refractivity contribution is 5.89. The minimum Gasteiger partial charge on any atom is -0.326 e. The Labute approximate surface area is 290 Å².